The molecule has 0 unspecified atom stereocenters. The lowest BCUT2D eigenvalue weighted by atomic mass is 10.3. The van der Waals surface area contributed by atoms with Crippen molar-refractivity contribution in [2.24, 2.45) is 5.84 Å². The van der Waals surface area contributed by atoms with E-state index in [2.05, 4.69) is 10.4 Å². The first-order valence-corrected chi connectivity index (χ1v) is 5.55. The van der Waals surface area contributed by atoms with Gasteiger partial charge in [0, 0.05) is 12.1 Å². The lowest BCUT2D eigenvalue weighted by Gasteiger charge is -2.06. The van der Waals surface area contributed by atoms with Crippen LogP contribution in [-0.2, 0) is 0 Å². The second-order valence-electron chi connectivity index (χ2n) is 3.78. The molecule has 2 rings (SSSR count). The van der Waals surface area contributed by atoms with Gasteiger partial charge < -0.3 is 10.2 Å². The Morgan fingerprint density at radius 2 is 1.90 bits per heavy atom. The van der Waals surface area contributed by atoms with E-state index in [4.69, 9.17) is 10.6 Å². The van der Waals surface area contributed by atoms with Crippen molar-refractivity contribution in [2.75, 3.05) is 5.43 Å². The second-order valence-corrected chi connectivity index (χ2v) is 3.78. The Kier molecular flexibility index (Phi) is 3.90. The summed E-state index contributed by atoms with van der Waals surface area (Å²) in [5, 5.41) is 21.6. The van der Waals surface area contributed by atoms with E-state index in [1.54, 1.807) is 0 Å². The first-order chi connectivity index (χ1) is 10.0. The fourth-order valence-electron chi connectivity index (χ4n) is 1.50. The van der Waals surface area contributed by atoms with E-state index in [0.29, 0.717) is 0 Å². The summed E-state index contributed by atoms with van der Waals surface area (Å²) in [5.74, 6) is 5.06. The Bertz CT molecular complexity index is 705. The van der Waals surface area contributed by atoms with Gasteiger partial charge in [-0.25, -0.2) is 5.84 Å². The molecule has 0 fully saturated rings. The van der Waals surface area contributed by atoms with Crippen molar-refractivity contribution in [2.45, 2.75) is 0 Å². The van der Waals surface area contributed by atoms with Crippen molar-refractivity contribution in [1.29, 1.82) is 0 Å². The maximum atomic E-state index is 10.9. The molecule has 0 radical (unpaired) electrons. The molecule has 10 nitrogen and oxygen atoms in total. The average Bonchev–Trinajstić information content (AvgIpc) is 2.47. The Labute approximate surface area is 117 Å². The monoisotopic (exact) mass is 291 g/mol. The number of nitrogens with two attached hydrogens (primary N) is 1. The van der Waals surface area contributed by atoms with E-state index >= 15 is 0 Å². The summed E-state index contributed by atoms with van der Waals surface area (Å²) in [4.78, 5) is 24.1. The smallest absolute Gasteiger partial charge is 0.331 e. The van der Waals surface area contributed by atoms with Crippen LogP contribution in [0, 0.1) is 20.2 Å². The third kappa shape index (κ3) is 3.19. The third-order valence-electron chi connectivity index (χ3n) is 2.43. The average molecular weight is 291 g/mol. The van der Waals surface area contributed by atoms with Crippen LogP contribution in [0.5, 0.6) is 11.6 Å². The molecule has 0 atom stereocenters. The lowest BCUT2D eigenvalue weighted by Crippen LogP contribution is -2.09. The fourth-order valence-corrected chi connectivity index (χ4v) is 1.50. The molecule has 0 saturated heterocycles. The first-order valence-electron chi connectivity index (χ1n) is 5.55. The van der Waals surface area contributed by atoms with Crippen molar-refractivity contribution in [3.05, 3.63) is 56.6 Å². The summed E-state index contributed by atoms with van der Waals surface area (Å²) in [5.41, 5.74) is 1.63. The zero-order valence-electron chi connectivity index (χ0n) is 10.4. The number of nitrogens with zero attached hydrogens (tertiary/aromatic N) is 3. The number of aromatic nitrogens is 1. The van der Waals surface area contributed by atoms with Crippen molar-refractivity contribution < 1.29 is 14.6 Å². The number of hydrogen-bond acceptors (Lipinski definition) is 8. The van der Waals surface area contributed by atoms with Gasteiger partial charge in [0.25, 0.3) is 5.69 Å². The van der Waals surface area contributed by atoms with Crippen LogP contribution in [0.1, 0.15) is 0 Å². The summed E-state index contributed by atoms with van der Waals surface area (Å²) in [6, 6.07) is 7.68. The largest absolute Gasteiger partial charge is 0.433 e. The molecule has 21 heavy (non-hydrogen) atoms. The van der Waals surface area contributed by atoms with Crippen molar-refractivity contribution in [3.63, 3.8) is 0 Å². The molecule has 1 aromatic carbocycles. The SMILES string of the molecule is NNc1ccc([N+](=O)[O-])c(Oc2cccc([N+](=O)[O-])c2)n1. The summed E-state index contributed by atoms with van der Waals surface area (Å²) < 4.78 is 5.25. The Hall–Kier alpha value is -3.27. The van der Waals surface area contributed by atoms with Gasteiger partial charge in [0.15, 0.2) is 0 Å². The molecule has 0 saturated carbocycles. The third-order valence-corrected chi connectivity index (χ3v) is 2.43. The minimum absolute atomic E-state index is 0.0500. The zero-order valence-corrected chi connectivity index (χ0v) is 10.4. The van der Waals surface area contributed by atoms with Gasteiger partial charge >= 0.3 is 11.6 Å². The van der Waals surface area contributed by atoms with E-state index in [-0.39, 0.29) is 28.8 Å². The number of hydrogen-bond donors (Lipinski definition) is 2. The molecule has 1 aromatic heterocycles. The molecular weight excluding hydrogens is 282 g/mol. The maximum absolute atomic E-state index is 10.9. The number of non-ortho nitro benzene ring substituents is 1. The minimum atomic E-state index is -0.681. The molecule has 0 aliphatic carbocycles. The Morgan fingerprint density at radius 1 is 1.14 bits per heavy atom. The van der Waals surface area contributed by atoms with Crippen molar-refractivity contribution in [1.82, 2.24) is 4.98 Å². The Balaban J connectivity index is 2.40. The van der Waals surface area contributed by atoms with Crippen LogP contribution in [0.25, 0.3) is 0 Å². The summed E-state index contributed by atoms with van der Waals surface area (Å²) >= 11 is 0. The highest BCUT2D eigenvalue weighted by Gasteiger charge is 2.19. The normalized spacial score (nSPS) is 9.95. The summed E-state index contributed by atoms with van der Waals surface area (Å²) in [6.45, 7) is 0. The van der Waals surface area contributed by atoms with Crippen LogP contribution in [-0.4, -0.2) is 14.8 Å². The molecule has 2 aromatic rings. The van der Waals surface area contributed by atoms with Gasteiger partial charge in [-0.2, -0.15) is 4.98 Å². The van der Waals surface area contributed by atoms with Crippen LogP contribution in [0.4, 0.5) is 17.2 Å². The van der Waals surface area contributed by atoms with Gasteiger partial charge in [0.1, 0.15) is 11.6 Å². The predicted octanol–water partition coefficient (Wildman–Crippen LogP) is 1.98. The van der Waals surface area contributed by atoms with Crippen LogP contribution >= 0.6 is 0 Å². The number of benzene rings is 1. The molecule has 0 spiro atoms. The van der Waals surface area contributed by atoms with E-state index in [1.165, 1.54) is 24.3 Å². The van der Waals surface area contributed by atoms with Gasteiger partial charge in [-0.05, 0) is 12.1 Å². The predicted molar refractivity (Wildman–Crippen MR) is 71.9 cm³/mol. The van der Waals surface area contributed by atoms with Crippen molar-refractivity contribution >= 4 is 17.2 Å². The van der Waals surface area contributed by atoms with E-state index in [0.717, 1.165) is 12.1 Å². The molecule has 0 aliphatic heterocycles. The zero-order chi connectivity index (χ0) is 15.4. The van der Waals surface area contributed by atoms with Gasteiger partial charge in [-0.3, -0.25) is 20.2 Å². The van der Waals surface area contributed by atoms with Crippen LogP contribution < -0.4 is 16.0 Å². The quantitative estimate of drug-likeness (QED) is 0.482. The highest BCUT2D eigenvalue weighted by Crippen LogP contribution is 2.31. The van der Waals surface area contributed by atoms with E-state index in [1.807, 2.05) is 0 Å². The number of nitrogens with one attached hydrogen (secondary N) is 1. The van der Waals surface area contributed by atoms with Gasteiger partial charge in [0.2, 0.25) is 0 Å². The van der Waals surface area contributed by atoms with Crippen molar-refractivity contribution in [3.8, 4) is 11.6 Å². The van der Waals surface area contributed by atoms with E-state index < -0.39 is 9.85 Å². The minimum Gasteiger partial charge on any atom is -0.433 e. The molecular formula is C11H9N5O5. The van der Waals surface area contributed by atoms with Gasteiger partial charge in [-0.15, -0.1) is 0 Å². The Morgan fingerprint density at radius 3 is 2.52 bits per heavy atom. The molecule has 1 heterocycles. The van der Waals surface area contributed by atoms with Crippen LogP contribution in [0.2, 0.25) is 0 Å². The number of ether oxygens (including phenoxy) is 1. The highest BCUT2D eigenvalue weighted by atomic mass is 16.6. The number of nitro groups is 2. The first kappa shape index (κ1) is 14.1. The fraction of sp³-hybridized carbons (Fsp3) is 0. The number of rotatable bonds is 5. The van der Waals surface area contributed by atoms with E-state index in [9.17, 15) is 20.2 Å². The van der Waals surface area contributed by atoms with Gasteiger partial charge in [0.05, 0.1) is 15.9 Å². The van der Waals surface area contributed by atoms with Crippen LogP contribution in [0.15, 0.2) is 36.4 Å². The second kappa shape index (κ2) is 5.79. The van der Waals surface area contributed by atoms with Crippen LogP contribution in [0.3, 0.4) is 0 Å². The molecule has 108 valence electrons. The number of nitro benzene ring substituents is 1. The van der Waals surface area contributed by atoms with Gasteiger partial charge in [-0.1, -0.05) is 6.07 Å². The highest BCUT2D eigenvalue weighted by molar-refractivity contribution is 5.50. The summed E-state index contributed by atoms with van der Waals surface area (Å²) in [7, 11) is 0. The number of hydrazine groups is 1. The lowest BCUT2D eigenvalue weighted by molar-refractivity contribution is -0.386. The maximum Gasteiger partial charge on any atom is 0.331 e. The standard InChI is InChI=1S/C11H9N5O5/c12-14-10-5-4-9(16(19)20)11(13-10)21-8-3-1-2-7(6-8)15(17)18/h1-6H,12H2,(H,13,14). The molecule has 3 N–H and O–H groups in total. The topological polar surface area (TPSA) is 146 Å². The number of pyridine rings is 1. The number of anilines is 1. The molecule has 0 bridgehead atoms. The molecule has 10 heteroatoms. The summed E-state index contributed by atoms with van der Waals surface area (Å²) in [6.07, 6.45) is 0. The molecule has 0 amide bonds. The molecule has 0 aliphatic rings. The number of nitrogen functional groups attached to an aromatic ring is 1.